The summed E-state index contributed by atoms with van der Waals surface area (Å²) in [5, 5.41) is 1.25. The van der Waals surface area contributed by atoms with Gasteiger partial charge in [0.1, 0.15) is 51.5 Å². The molecule has 18 rings (SSSR count). The molecule has 0 N–H and O–H groups in total. The van der Waals surface area contributed by atoms with E-state index in [0.717, 1.165) is 47.0 Å². The molecule has 5 aromatic carbocycles. The molecule has 105 heavy (non-hydrogen) atoms. The summed E-state index contributed by atoms with van der Waals surface area (Å²) in [6, 6.07) is 51.0. The topological polar surface area (TPSA) is 86.8 Å². The third-order valence-corrected chi connectivity index (χ3v) is 23.3. The molecule has 8 heterocycles. The van der Waals surface area contributed by atoms with E-state index in [1.807, 2.05) is 57.5 Å². The molecule has 0 radical (unpaired) electrons. The smallest absolute Gasteiger partial charge is 0.213 e. The summed E-state index contributed by atoms with van der Waals surface area (Å²) < 4.78 is 17.3. The van der Waals surface area contributed by atoms with Gasteiger partial charge in [0, 0.05) is 165 Å². The van der Waals surface area contributed by atoms with Gasteiger partial charge in [-0.1, -0.05) is 77.9 Å². The number of hydrogen-bond acceptors (Lipinski definition) is 4. The molecule has 0 unspecified atom stereocenters. The number of aryl methyl sites for hydroxylation is 10. The van der Waals surface area contributed by atoms with Crippen LogP contribution >= 0.6 is 0 Å². The number of fused-ring (bicyclic) bond motifs is 1. The van der Waals surface area contributed by atoms with Crippen LogP contribution in [0.4, 0.5) is 0 Å². The third kappa shape index (κ3) is 15.2. The largest absolute Gasteiger partial charge is 0.334 e. The zero-order chi connectivity index (χ0) is 71.1. The summed E-state index contributed by atoms with van der Waals surface area (Å²) >= 11 is 0. The van der Waals surface area contributed by atoms with Gasteiger partial charge in [-0.15, -0.1) is 0 Å². The average molecular weight is 1400 g/mol. The minimum atomic E-state index is 0. The number of aromatic nitrogens is 12. The number of rotatable bonds is 10. The minimum Gasteiger partial charge on any atom is -0.334 e. The van der Waals surface area contributed by atoms with E-state index in [-0.39, 0.29) is 22.3 Å². The number of pyridine rings is 4. The lowest BCUT2D eigenvalue weighted by Crippen LogP contribution is -2.48. The van der Waals surface area contributed by atoms with Gasteiger partial charge in [0.15, 0.2) is 18.6 Å². The zero-order valence-electron chi connectivity index (χ0n) is 62.6. The van der Waals surface area contributed by atoms with Crippen LogP contribution in [-0.2, 0) is 61.8 Å². The molecular formula is C93H114N12+4. The first-order valence-corrected chi connectivity index (χ1v) is 37.0. The minimum absolute atomic E-state index is 0. The van der Waals surface area contributed by atoms with Crippen LogP contribution in [0.1, 0.15) is 143 Å². The summed E-state index contributed by atoms with van der Waals surface area (Å²) in [4.78, 5) is 18.3. The first-order chi connectivity index (χ1) is 49.3. The predicted octanol–water partition coefficient (Wildman–Crippen LogP) is 19.7. The molecule has 12 heteroatoms. The molecular weight excluding hydrogens is 1290 g/mol. The van der Waals surface area contributed by atoms with Crippen LogP contribution in [0.15, 0.2) is 208 Å². The van der Waals surface area contributed by atoms with E-state index in [0.29, 0.717) is 5.41 Å². The molecule has 0 aliphatic heterocycles. The standard InChI is InChI=1S/C27H32N3.C23H28N3.C21H20N3.C19H22N3.3CH4/c1-18-23(25-6-4-5-8-29(25)2)13-22(14-24(18)26-28-7-9-30(26)3)27-15-19-10-20(16-27)12-21(11-19)17-27;1-17-20(10-7-11-21(17)23-24-13-15-26(23)3)22-16-19(12-14-25(22)2)18-8-5-4-6-9-18;1-15-17(8-6-9-18(15)21-22-13-14-23(21)2)20-12-11-16-7-4-5-10-19(16)24(20)3;1-13-6-8-21(4)18(12-13)16-10-14(2)11-17(15(16)3)19-20-7-9-22(19)5;;;/h4-9,13-14,19-21H,10-12,15-17H2,1-3H3;7,10-16,18H,4-6,8-9H2,1-3H3;4-14H,1-3H3;6-12H,1-5H3;3*1H4/q4*+1;;;. The van der Waals surface area contributed by atoms with Crippen molar-refractivity contribution in [3.05, 3.63) is 252 Å². The monoisotopic (exact) mass is 1400 g/mol. The quantitative estimate of drug-likeness (QED) is 0.128. The molecule has 5 aliphatic rings. The average Bonchev–Trinajstić information content (AvgIpc) is 0.841. The second kappa shape index (κ2) is 32.0. The van der Waals surface area contributed by atoms with E-state index < -0.39 is 0 Å². The molecule has 5 saturated carbocycles. The second-order valence-electron chi connectivity index (χ2n) is 30.3. The molecule has 13 aromatic rings. The summed E-state index contributed by atoms with van der Waals surface area (Å²) in [6.45, 7) is 13.1. The third-order valence-electron chi connectivity index (χ3n) is 23.3. The van der Waals surface area contributed by atoms with Gasteiger partial charge in [0.2, 0.25) is 28.3 Å². The van der Waals surface area contributed by atoms with Gasteiger partial charge >= 0.3 is 0 Å². The fourth-order valence-corrected chi connectivity index (χ4v) is 18.1. The second-order valence-corrected chi connectivity index (χ2v) is 30.3. The van der Waals surface area contributed by atoms with Crippen LogP contribution in [0, 0.1) is 59.3 Å². The highest BCUT2D eigenvalue weighted by Gasteiger charge is 2.52. The summed E-state index contributed by atoms with van der Waals surface area (Å²) in [5.74, 6) is 7.69. The molecule has 5 aliphatic carbocycles. The molecule has 0 saturated heterocycles. The highest BCUT2D eigenvalue weighted by atomic mass is 15.1. The van der Waals surface area contributed by atoms with Crippen LogP contribution in [0.5, 0.6) is 0 Å². The number of hydrogen-bond donors (Lipinski definition) is 0. The van der Waals surface area contributed by atoms with Gasteiger partial charge < -0.3 is 18.3 Å². The molecule has 0 spiro atoms. The van der Waals surface area contributed by atoms with E-state index in [1.54, 1.807) is 5.56 Å². The number of imidazole rings is 4. The molecule has 8 aromatic heterocycles. The van der Waals surface area contributed by atoms with Gasteiger partial charge in [-0.05, 0) is 221 Å². The van der Waals surface area contributed by atoms with Crippen molar-refractivity contribution >= 4 is 10.9 Å². The lowest BCUT2D eigenvalue weighted by atomic mass is 9.48. The molecule has 0 amide bonds. The Morgan fingerprint density at radius 2 is 0.810 bits per heavy atom. The van der Waals surface area contributed by atoms with Gasteiger partial charge in [-0.2, -0.15) is 4.57 Å². The molecule has 0 atom stereocenters. The van der Waals surface area contributed by atoms with Crippen LogP contribution in [0.25, 0.3) is 101 Å². The lowest BCUT2D eigenvalue weighted by Gasteiger charge is -2.57. The van der Waals surface area contributed by atoms with Crippen molar-refractivity contribution in [1.29, 1.82) is 0 Å². The van der Waals surface area contributed by atoms with E-state index in [4.69, 9.17) is 4.98 Å². The molecule has 542 valence electrons. The van der Waals surface area contributed by atoms with Crippen LogP contribution < -0.4 is 18.3 Å². The highest BCUT2D eigenvalue weighted by molar-refractivity contribution is 5.81. The molecule has 4 bridgehead atoms. The normalized spacial score (nSPS) is 17.1. The molecule has 12 nitrogen and oxygen atoms in total. The fourth-order valence-electron chi connectivity index (χ4n) is 18.1. The highest BCUT2D eigenvalue weighted by Crippen LogP contribution is 2.61. The summed E-state index contributed by atoms with van der Waals surface area (Å²) in [6.07, 6.45) is 37.5. The van der Waals surface area contributed by atoms with Crippen LogP contribution in [0.2, 0.25) is 0 Å². The Morgan fingerprint density at radius 3 is 1.34 bits per heavy atom. The van der Waals surface area contributed by atoms with Crippen molar-refractivity contribution in [2.75, 3.05) is 0 Å². The van der Waals surface area contributed by atoms with E-state index in [9.17, 15) is 0 Å². The van der Waals surface area contributed by atoms with Crippen molar-refractivity contribution < 1.29 is 18.3 Å². The van der Waals surface area contributed by atoms with E-state index in [2.05, 4.69) is 300 Å². The van der Waals surface area contributed by atoms with Crippen molar-refractivity contribution in [3.8, 4) is 90.6 Å². The maximum Gasteiger partial charge on any atom is 0.213 e. The van der Waals surface area contributed by atoms with Gasteiger partial charge in [0.05, 0.1) is 11.1 Å². The zero-order valence-corrected chi connectivity index (χ0v) is 62.6. The van der Waals surface area contributed by atoms with E-state index >= 15 is 0 Å². The predicted molar refractivity (Wildman–Crippen MR) is 433 cm³/mol. The van der Waals surface area contributed by atoms with Gasteiger partial charge in [-0.25, -0.2) is 33.6 Å². The fraction of sp³-hybridized carbons (Fsp3) is 0.355. The Morgan fingerprint density at radius 1 is 0.371 bits per heavy atom. The number of nitrogens with zero attached hydrogens (tertiary/aromatic N) is 12. The lowest BCUT2D eigenvalue weighted by molar-refractivity contribution is -0.660. The number of para-hydroxylation sites is 1. The SMILES string of the molecule is C.C.C.Cc1c(-c2nccn2C)cc(C23CC4CC(CC(C4)C2)C3)cc1-c1cccc[n+]1C.Cc1c(-c2nccn2C)cccc1-c1cc(C2CCCCC2)cc[n+]1C.Cc1c(-c2nccn2C)cccc1-c1ccc2ccccc2[n+]1C.Cc1cc(-c2nccn2C)c(C)c(-c2cc(C)cc[n+]2C)c1. The van der Waals surface area contributed by atoms with E-state index in [1.165, 1.54) is 188 Å². The first-order valence-electron chi connectivity index (χ1n) is 37.0. The molecule has 5 fully saturated rings. The Balaban J connectivity index is 0.000000140. The Hall–Kier alpha value is -10.2. The van der Waals surface area contributed by atoms with Crippen molar-refractivity contribution in [3.63, 3.8) is 0 Å². The summed E-state index contributed by atoms with van der Waals surface area (Å²) in [5.41, 5.74) is 27.4. The van der Waals surface area contributed by atoms with Crippen molar-refractivity contribution in [2.45, 2.75) is 146 Å². The van der Waals surface area contributed by atoms with Crippen LogP contribution in [0.3, 0.4) is 0 Å². The maximum atomic E-state index is 4.75. The van der Waals surface area contributed by atoms with Gasteiger partial charge in [0.25, 0.3) is 0 Å². The Kier molecular flexibility index (Phi) is 23.2. The summed E-state index contributed by atoms with van der Waals surface area (Å²) in [7, 11) is 16.8. The van der Waals surface area contributed by atoms with Gasteiger partial charge in [-0.3, -0.25) is 0 Å². The number of benzene rings is 5. The van der Waals surface area contributed by atoms with Crippen molar-refractivity contribution in [2.24, 2.45) is 74.1 Å². The first kappa shape index (κ1) is 75.9. The Labute approximate surface area is 626 Å². The van der Waals surface area contributed by atoms with Crippen LogP contribution in [-0.4, -0.2) is 38.2 Å². The Bertz CT molecular complexity index is 5180. The van der Waals surface area contributed by atoms with Crippen molar-refractivity contribution in [1.82, 2.24) is 38.2 Å². The maximum absolute atomic E-state index is 4.75.